The average molecular weight is 473 g/mol. The van der Waals surface area contributed by atoms with Gasteiger partial charge in [0.2, 0.25) is 11.8 Å². The molecule has 3 rings (SSSR count). The van der Waals surface area contributed by atoms with Gasteiger partial charge >= 0.3 is 0 Å². The zero-order chi connectivity index (χ0) is 24.5. The number of hydrogen-bond acceptors (Lipinski definition) is 4. The topological polar surface area (TPSA) is 83.1 Å². The summed E-state index contributed by atoms with van der Waals surface area (Å²) in [5, 5.41) is 9.05. The van der Waals surface area contributed by atoms with E-state index in [1.54, 1.807) is 12.3 Å². The molecule has 184 valence electrons. The van der Waals surface area contributed by atoms with Gasteiger partial charge in [-0.1, -0.05) is 25.8 Å². The van der Waals surface area contributed by atoms with Crippen molar-refractivity contribution in [2.24, 2.45) is 0 Å². The van der Waals surface area contributed by atoms with E-state index in [2.05, 4.69) is 27.9 Å². The molecule has 0 bridgehead atoms. The van der Waals surface area contributed by atoms with Crippen molar-refractivity contribution in [1.29, 1.82) is 0 Å². The molecular weight excluding hydrogens is 438 g/mol. The number of carbonyl (C=O) groups is 2. The second-order valence-corrected chi connectivity index (χ2v) is 9.14. The maximum atomic E-state index is 13.4. The Morgan fingerprint density at radius 3 is 2.41 bits per heavy atom. The molecule has 3 N–H and O–H groups in total. The molecule has 8 heteroatoms. The monoisotopic (exact) mass is 472 g/mol. The van der Waals surface area contributed by atoms with Gasteiger partial charge in [0, 0.05) is 24.3 Å². The van der Waals surface area contributed by atoms with Crippen molar-refractivity contribution in [3.05, 3.63) is 59.3 Å². The van der Waals surface area contributed by atoms with Gasteiger partial charge in [-0.15, -0.1) is 0 Å². The standard InChI is InChI=1S/C26H34F2N4O2/c1-3-5-23(31-25(33)14-19-12-20(27)15-21(28)13-19)26(34)32-24-11-10-18(16-29-24)9-8-17(2)30-22-6-4-7-22/h10-13,15-17,22-23,30H,3-9,14H2,1-2H3,(H,31,33)(H,29,32,34). The van der Waals surface area contributed by atoms with Gasteiger partial charge in [0.1, 0.15) is 23.5 Å². The number of pyridine rings is 1. The molecule has 2 atom stereocenters. The van der Waals surface area contributed by atoms with Crippen molar-refractivity contribution < 1.29 is 18.4 Å². The van der Waals surface area contributed by atoms with Crippen LogP contribution in [0.25, 0.3) is 0 Å². The molecule has 0 aliphatic heterocycles. The number of nitrogens with one attached hydrogen (secondary N) is 3. The van der Waals surface area contributed by atoms with E-state index in [1.807, 2.05) is 13.0 Å². The molecule has 2 unspecified atom stereocenters. The molecule has 1 aromatic heterocycles. The number of rotatable bonds is 12. The van der Waals surface area contributed by atoms with E-state index >= 15 is 0 Å². The van der Waals surface area contributed by atoms with Crippen LogP contribution in [0.15, 0.2) is 36.5 Å². The molecule has 1 aliphatic carbocycles. The minimum Gasteiger partial charge on any atom is -0.344 e. The number of benzene rings is 1. The summed E-state index contributed by atoms with van der Waals surface area (Å²) >= 11 is 0. The predicted molar refractivity (Wildman–Crippen MR) is 128 cm³/mol. The summed E-state index contributed by atoms with van der Waals surface area (Å²) in [4.78, 5) is 29.5. The third-order valence-corrected chi connectivity index (χ3v) is 6.08. The fourth-order valence-corrected chi connectivity index (χ4v) is 4.00. The third kappa shape index (κ3) is 8.17. The van der Waals surface area contributed by atoms with Gasteiger partial charge in [-0.3, -0.25) is 9.59 Å². The first-order valence-corrected chi connectivity index (χ1v) is 12.1. The van der Waals surface area contributed by atoms with Crippen LogP contribution in [-0.4, -0.2) is 34.9 Å². The largest absolute Gasteiger partial charge is 0.344 e. The summed E-state index contributed by atoms with van der Waals surface area (Å²) < 4.78 is 26.7. The van der Waals surface area contributed by atoms with Crippen LogP contribution < -0.4 is 16.0 Å². The fraction of sp³-hybridized carbons (Fsp3) is 0.500. The highest BCUT2D eigenvalue weighted by Gasteiger charge is 2.21. The van der Waals surface area contributed by atoms with Gasteiger partial charge in [0.05, 0.1) is 6.42 Å². The summed E-state index contributed by atoms with van der Waals surface area (Å²) in [6.45, 7) is 4.11. The Kier molecular flexibility index (Phi) is 9.51. The van der Waals surface area contributed by atoms with E-state index in [-0.39, 0.29) is 17.9 Å². The molecule has 0 radical (unpaired) electrons. The van der Waals surface area contributed by atoms with Crippen LogP contribution in [0.3, 0.4) is 0 Å². The molecule has 1 aromatic carbocycles. The van der Waals surface area contributed by atoms with Crippen LogP contribution in [0.5, 0.6) is 0 Å². The highest BCUT2D eigenvalue weighted by molar-refractivity contribution is 5.96. The molecule has 1 saturated carbocycles. The zero-order valence-electron chi connectivity index (χ0n) is 19.9. The van der Waals surface area contributed by atoms with Crippen molar-refractivity contribution in [2.45, 2.75) is 83.3 Å². The molecule has 34 heavy (non-hydrogen) atoms. The van der Waals surface area contributed by atoms with Crippen molar-refractivity contribution in [3.63, 3.8) is 0 Å². The minimum absolute atomic E-state index is 0.208. The predicted octanol–water partition coefficient (Wildman–Crippen LogP) is 4.29. The first kappa shape index (κ1) is 25.7. The van der Waals surface area contributed by atoms with Crippen molar-refractivity contribution in [2.75, 3.05) is 5.32 Å². The van der Waals surface area contributed by atoms with Gasteiger partial charge in [0.25, 0.3) is 0 Å². The van der Waals surface area contributed by atoms with Gasteiger partial charge in [-0.05, 0) is 68.4 Å². The lowest BCUT2D eigenvalue weighted by atomic mass is 9.92. The van der Waals surface area contributed by atoms with Crippen LogP contribution in [-0.2, 0) is 22.4 Å². The van der Waals surface area contributed by atoms with Crippen LogP contribution in [0.1, 0.15) is 63.5 Å². The van der Waals surface area contributed by atoms with Gasteiger partial charge in [-0.2, -0.15) is 0 Å². The smallest absolute Gasteiger partial charge is 0.248 e. The molecule has 6 nitrogen and oxygen atoms in total. The molecule has 2 aromatic rings. The van der Waals surface area contributed by atoms with Crippen LogP contribution in [0.2, 0.25) is 0 Å². The maximum Gasteiger partial charge on any atom is 0.248 e. The molecule has 0 saturated heterocycles. The van der Waals surface area contributed by atoms with Crippen molar-refractivity contribution in [3.8, 4) is 0 Å². The SMILES string of the molecule is CCCC(NC(=O)Cc1cc(F)cc(F)c1)C(=O)Nc1ccc(CCC(C)NC2CCC2)cn1. The Balaban J connectivity index is 1.49. The fourth-order valence-electron chi connectivity index (χ4n) is 4.00. The minimum atomic E-state index is -0.768. The molecule has 1 heterocycles. The van der Waals surface area contributed by atoms with Crippen LogP contribution in [0.4, 0.5) is 14.6 Å². The first-order chi connectivity index (χ1) is 16.3. The van der Waals surface area contributed by atoms with Crippen LogP contribution in [0, 0.1) is 11.6 Å². The lowest BCUT2D eigenvalue weighted by molar-refractivity contribution is -0.126. The Morgan fingerprint density at radius 2 is 1.82 bits per heavy atom. The number of aryl methyl sites for hydroxylation is 1. The average Bonchev–Trinajstić information content (AvgIpc) is 2.74. The van der Waals surface area contributed by atoms with E-state index in [9.17, 15) is 18.4 Å². The second kappa shape index (κ2) is 12.6. The number of amides is 2. The van der Waals surface area contributed by atoms with E-state index in [1.165, 1.54) is 19.3 Å². The Morgan fingerprint density at radius 1 is 1.09 bits per heavy atom. The first-order valence-electron chi connectivity index (χ1n) is 12.1. The lowest BCUT2D eigenvalue weighted by Crippen LogP contribution is -2.44. The number of carbonyl (C=O) groups excluding carboxylic acids is 2. The van der Waals surface area contributed by atoms with Gasteiger partial charge in [-0.25, -0.2) is 13.8 Å². The van der Waals surface area contributed by atoms with E-state index in [4.69, 9.17) is 0 Å². The number of halogens is 2. The van der Waals surface area contributed by atoms with E-state index in [0.717, 1.165) is 36.6 Å². The van der Waals surface area contributed by atoms with E-state index < -0.39 is 23.6 Å². The Labute approximate surface area is 199 Å². The highest BCUT2D eigenvalue weighted by atomic mass is 19.1. The van der Waals surface area contributed by atoms with E-state index in [0.29, 0.717) is 30.7 Å². The third-order valence-electron chi connectivity index (χ3n) is 6.08. The Bertz CT molecular complexity index is 944. The number of nitrogens with zero attached hydrogens (tertiary/aromatic N) is 1. The van der Waals surface area contributed by atoms with Gasteiger partial charge < -0.3 is 16.0 Å². The Hall–Kier alpha value is -2.87. The lowest BCUT2D eigenvalue weighted by Gasteiger charge is -2.30. The number of aromatic nitrogens is 1. The summed E-state index contributed by atoms with van der Waals surface area (Å²) in [6, 6.07) is 7.02. The second-order valence-electron chi connectivity index (χ2n) is 9.14. The molecular formula is C26H34F2N4O2. The van der Waals surface area contributed by atoms with Crippen molar-refractivity contribution in [1.82, 2.24) is 15.6 Å². The number of anilines is 1. The van der Waals surface area contributed by atoms with Gasteiger partial charge in [0.15, 0.2) is 0 Å². The molecule has 0 spiro atoms. The quantitative estimate of drug-likeness (QED) is 0.430. The summed E-state index contributed by atoms with van der Waals surface area (Å²) in [5.74, 6) is -1.93. The summed E-state index contributed by atoms with van der Waals surface area (Å²) in [7, 11) is 0. The number of hydrogen-bond donors (Lipinski definition) is 3. The molecule has 1 fully saturated rings. The molecule has 1 aliphatic rings. The molecule has 2 amide bonds. The van der Waals surface area contributed by atoms with Crippen LogP contribution >= 0.6 is 0 Å². The van der Waals surface area contributed by atoms with Crippen molar-refractivity contribution >= 4 is 17.6 Å². The zero-order valence-corrected chi connectivity index (χ0v) is 19.9. The maximum absolute atomic E-state index is 13.4. The summed E-state index contributed by atoms with van der Waals surface area (Å²) in [5.41, 5.74) is 1.31. The normalized spacial score (nSPS) is 15.3. The highest BCUT2D eigenvalue weighted by Crippen LogP contribution is 2.19. The summed E-state index contributed by atoms with van der Waals surface area (Å²) in [6.07, 6.45) is 8.41.